The van der Waals surface area contributed by atoms with Crippen LogP contribution in [0.3, 0.4) is 0 Å². The molecule has 2 aliphatic rings. The SMILES string of the molecule is COC1(C(=O)N2CCN(c3ccc(C(C)=O)cc3F)CC2)CCNCC1. The topological polar surface area (TPSA) is 61.9 Å². The van der Waals surface area contributed by atoms with Gasteiger partial charge in [-0.3, -0.25) is 9.59 Å². The molecule has 0 spiro atoms. The Balaban J connectivity index is 1.65. The first-order valence-electron chi connectivity index (χ1n) is 9.07. The first-order valence-corrected chi connectivity index (χ1v) is 9.07. The molecule has 2 saturated heterocycles. The molecule has 2 fully saturated rings. The van der Waals surface area contributed by atoms with Crippen molar-refractivity contribution < 1.29 is 18.7 Å². The first kappa shape index (κ1) is 18.8. The van der Waals surface area contributed by atoms with Crippen LogP contribution in [0.2, 0.25) is 0 Å². The number of hydrogen-bond acceptors (Lipinski definition) is 5. The van der Waals surface area contributed by atoms with E-state index in [2.05, 4.69) is 5.32 Å². The lowest BCUT2D eigenvalue weighted by atomic mass is 9.90. The predicted octanol–water partition coefficient (Wildman–Crippen LogP) is 1.45. The Labute approximate surface area is 153 Å². The molecule has 0 aliphatic carbocycles. The second kappa shape index (κ2) is 7.72. The molecule has 2 heterocycles. The lowest BCUT2D eigenvalue weighted by Gasteiger charge is -2.42. The fraction of sp³-hybridized carbons (Fsp3) is 0.579. The van der Waals surface area contributed by atoms with Crippen LogP contribution < -0.4 is 10.2 Å². The van der Waals surface area contributed by atoms with Gasteiger partial charge in [0.05, 0.1) is 5.69 Å². The number of hydrogen-bond donors (Lipinski definition) is 1. The van der Waals surface area contributed by atoms with E-state index >= 15 is 0 Å². The molecular formula is C19H26FN3O3. The van der Waals surface area contributed by atoms with Crippen LogP contribution >= 0.6 is 0 Å². The number of piperidine rings is 1. The minimum Gasteiger partial charge on any atom is -0.368 e. The quantitative estimate of drug-likeness (QED) is 0.821. The summed E-state index contributed by atoms with van der Waals surface area (Å²) in [4.78, 5) is 28.1. The maximum Gasteiger partial charge on any atom is 0.255 e. The largest absolute Gasteiger partial charge is 0.368 e. The van der Waals surface area contributed by atoms with Crippen LogP contribution in [0.15, 0.2) is 18.2 Å². The number of nitrogens with zero attached hydrogens (tertiary/aromatic N) is 2. The van der Waals surface area contributed by atoms with Crippen molar-refractivity contribution in [1.82, 2.24) is 10.2 Å². The van der Waals surface area contributed by atoms with Crippen LogP contribution in [0.1, 0.15) is 30.1 Å². The number of amides is 1. The van der Waals surface area contributed by atoms with Crippen molar-refractivity contribution in [2.45, 2.75) is 25.4 Å². The summed E-state index contributed by atoms with van der Waals surface area (Å²) >= 11 is 0. The van der Waals surface area contributed by atoms with Crippen molar-refractivity contribution in [3.63, 3.8) is 0 Å². The highest BCUT2D eigenvalue weighted by molar-refractivity contribution is 5.94. The highest BCUT2D eigenvalue weighted by atomic mass is 19.1. The number of rotatable bonds is 4. The van der Waals surface area contributed by atoms with Crippen molar-refractivity contribution in [1.29, 1.82) is 0 Å². The van der Waals surface area contributed by atoms with Gasteiger partial charge >= 0.3 is 0 Å². The van der Waals surface area contributed by atoms with Crippen molar-refractivity contribution in [2.75, 3.05) is 51.3 Å². The van der Waals surface area contributed by atoms with Crippen molar-refractivity contribution in [3.8, 4) is 0 Å². The summed E-state index contributed by atoms with van der Waals surface area (Å²) in [7, 11) is 1.60. The maximum atomic E-state index is 14.4. The van der Waals surface area contributed by atoms with E-state index in [1.165, 1.54) is 13.0 Å². The van der Waals surface area contributed by atoms with E-state index in [-0.39, 0.29) is 11.7 Å². The van der Waals surface area contributed by atoms with Gasteiger partial charge in [-0.15, -0.1) is 0 Å². The second-order valence-electron chi connectivity index (χ2n) is 6.95. The molecular weight excluding hydrogens is 337 g/mol. The van der Waals surface area contributed by atoms with Crippen molar-refractivity contribution >= 4 is 17.4 Å². The van der Waals surface area contributed by atoms with Crippen LogP contribution in [0.5, 0.6) is 0 Å². The van der Waals surface area contributed by atoms with E-state index in [4.69, 9.17) is 4.74 Å². The standard InChI is InChI=1S/C19H26FN3O3/c1-14(24)15-3-4-17(16(20)13-15)22-9-11-23(12-10-22)18(25)19(26-2)5-7-21-8-6-19/h3-4,13,21H,5-12H2,1-2H3. The number of ketones is 1. The molecule has 6 nitrogen and oxygen atoms in total. The zero-order valence-electron chi connectivity index (χ0n) is 15.4. The zero-order chi connectivity index (χ0) is 18.7. The minimum atomic E-state index is -0.734. The minimum absolute atomic E-state index is 0.0357. The number of Topliss-reactive ketones (excluding diaryl/α,β-unsaturated/α-hetero) is 1. The predicted molar refractivity (Wildman–Crippen MR) is 97.0 cm³/mol. The summed E-state index contributed by atoms with van der Waals surface area (Å²) in [6.45, 7) is 5.14. The number of ether oxygens (including phenoxy) is 1. The molecule has 1 aromatic carbocycles. The van der Waals surface area contributed by atoms with Gasteiger partial charge in [0.1, 0.15) is 11.4 Å². The molecule has 1 amide bonds. The van der Waals surface area contributed by atoms with Gasteiger partial charge in [-0.25, -0.2) is 4.39 Å². The highest BCUT2D eigenvalue weighted by Crippen LogP contribution is 2.27. The Hall–Kier alpha value is -1.99. The Bertz CT molecular complexity index is 681. The average molecular weight is 363 g/mol. The molecule has 26 heavy (non-hydrogen) atoms. The van der Waals surface area contributed by atoms with E-state index in [1.807, 2.05) is 9.80 Å². The first-order chi connectivity index (χ1) is 12.5. The number of nitrogens with one attached hydrogen (secondary N) is 1. The van der Waals surface area contributed by atoms with Crippen LogP contribution in [0.25, 0.3) is 0 Å². The number of anilines is 1. The van der Waals surface area contributed by atoms with E-state index in [0.717, 1.165) is 13.1 Å². The lowest BCUT2D eigenvalue weighted by molar-refractivity contribution is -0.158. The van der Waals surface area contributed by atoms with Gasteiger partial charge < -0.3 is 19.9 Å². The third-order valence-electron chi connectivity index (χ3n) is 5.45. The summed E-state index contributed by atoms with van der Waals surface area (Å²) in [5, 5.41) is 3.25. The summed E-state index contributed by atoms with van der Waals surface area (Å²) in [5.41, 5.74) is 0.111. The number of benzene rings is 1. The van der Waals surface area contributed by atoms with Gasteiger partial charge in [-0.1, -0.05) is 0 Å². The number of carbonyl (C=O) groups is 2. The fourth-order valence-electron chi connectivity index (χ4n) is 3.76. The third kappa shape index (κ3) is 3.59. The Morgan fingerprint density at radius 1 is 1.15 bits per heavy atom. The Kier molecular flexibility index (Phi) is 5.58. The van der Waals surface area contributed by atoms with Crippen LogP contribution in [0.4, 0.5) is 10.1 Å². The van der Waals surface area contributed by atoms with E-state index in [9.17, 15) is 14.0 Å². The molecule has 1 aromatic rings. The molecule has 0 unspecified atom stereocenters. The van der Waals surface area contributed by atoms with Gasteiger partial charge in [0.25, 0.3) is 5.91 Å². The van der Waals surface area contributed by atoms with E-state index in [0.29, 0.717) is 50.3 Å². The molecule has 7 heteroatoms. The Morgan fingerprint density at radius 2 is 1.81 bits per heavy atom. The highest BCUT2D eigenvalue weighted by Gasteiger charge is 2.43. The molecule has 0 aromatic heterocycles. The third-order valence-corrected chi connectivity index (χ3v) is 5.45. The molecule has 0 atom stereocenters. The molecule has 142 valence electrons. The van der Waals surface area contributed by atoms with Crippen molar-refractivity contribution in [2.24, 2.45) is 0 Å². The summed E-state index contributed by atoms with van der Waals surface area (Å²) in [6.07, 6.45) is 1.34. The van der Waals surface area contributed by atoms with Gasteiger partial charge in [0.15, 0.2) is 5.78 Å². The number of halogens is 1. The average Bonchev–Trinajstić information content (AvgIpc) is 2.68. The summed E-state index contributed by atoms with van der Waals surface area (Å²) in [5.74, 6) is -0.518. The van der Waals surface area contributed by atoms with Gasteiger partial charge in [0.2, 0.25) is 0 Å². The van der Waals surface area contributed by atoms with E-state index in [1.54, 1.807) is 19.2 Å². The maximum absolute atomic E-state index is 14.4. The second-order valence-corrected chi connectivity index (χ2v) is 6.95. The van der Waals surface area contributed by atoms with Gasteiger partial charge in [-0.2, -0.15) is 0 Å². The fourth-order valence-corrected chi connectivity index (χ4v) is 3.76. The summed E-state index contributed by atoms with van der Waals surface area (Å²) < 4.78 is 20.0. The monoisotopic (exact) mass is 363 g/mol. The number of piperazine rings is 1. The molecule has 0 saturated carbocycles. The number of carbonyl (C=O) groups excluding carboxylic acids is 2. The zero-order valence-corrected chi connectivity index (χ0v) is 15.4. The molecule has 0 radical (unpaired) electrons. The van der Waals surface area contributed by atoms with E-state index < -0.39 is 11.4 Å². The number of methoxy groups -OCH3 is 1. The normalized spacial score (nSPS) is 20.1. The van der Waals surface area contributed by atoms with Gasteiger partial charge in [-0.05, 0) is 51.1 Å². The Morgan fingerprint density at radius 3 is 2.35 bits per heavy atom. The molecule has 3 rings (SSSR count). The van der Waals surface area contributed by atoms with Gasteiger partial charge in [0, 0.05) is 38.9 Å². The molecule has 1 N–H and O–H groups in total. The van der Waals surface area contributed by atoms with Crippen LogP contribution in [-0.2, 0) is 9.53 Å². The van der Waals surface area contributed by atoms with Crippen LogP contribution in [-0.4, -0.2) is 68.6 Å². The lowest BCUT2D eigenvalue weighted by Crippen LogP contribution is -2.59. The smallest absolute Gasteiger partial charge is 0.255 e. The molecule has 2 aliphatic heterocycles. The van der Waals surface area contributed by atoms with Crippen molar-refractivity contribution in [3.05, 3.63) is 29.6 Å². The summed E-state index contributed by atoms with van der Waals surface area (Å²) in [6, 6.07) is 4.57. The van der Waals surface area contributed by atoms with Crippen LogP contribution in [0, 0.1) is 5.82 Å². The molecule has 0 bridgehead atoms.